The SMILES string of the molecule is Cc1ccc(NC(=O)NC[C@@H]2O[C@@H](CC(=O)NCc3cccnc3)[C@H](O)[C@@H]2O)cc1. The van der Waals surface area contributed by atoms with E-state index in [1.165, 1.54) is 0 Å². The van der Waals surface area contributed by atoms with E-state index in [0.717, 1.165) is 11.1 Å². The summed E-state index contributed by atoms with van der Waals surface area (Å²) in [7, 11) is 0. The van der Waals surface area contributed by atoms with Crippen molar-refractivity contribution >= 4 is 17.6 Å². The van der Waals surface area contributed by atoms with Crippen molar-refractivity contribution in [2.24, 2.45) is 0 Å². The molecule has 0 aliphatic carbocycles. The average Bonchev–Trinajstić information content (AvgIpc) is 3.01. The van der Waals surface area contributed by atoms with Crippen molar-refractivity contribution in [2.75, 3.05) is 11.9 Å². The van der Waals surface area contributed by atoms with E-state index in [-0.39, 0.29) is 18.9 Å². The molecule has 0 radical (unpaired) electrons. The molecule has 1 aromatic carbocycles. The minimum atomic E-state index is -1.22. The Labute approximate surface area is 174 Å². The standard InChI is InChI=1S/C21H26N4O5/c1-13-4-6-15(7-5-13)25-21(29)24-12-17-20(28)19(27)16(30-17)9-18(26)23-11-14-3-2-8-22-10-14/h2-8,10,16-17,19-20,27-28H,9,11-12H2,1H3,(H,23,26)(H2,24,25,29)/t16-,17-,19-,20+/m0/s1. The Morgan fingerprint density at radius 3 is 2.50 bits per heavy atom. The Bertz CT molecular complexity index is 846. The molecule has 9 heteroatoms. The second-order valence-electron chi connectivity index (χ2n) is 7.24. The number of aryl methyl sites for hydroxylation is 1. The van der Waals surface area contributed by atoms with E-state index in [2.05, 4.69) is 20.9 Å². The van der Waals surface area contributed by atoms with Gasteiger partial charge in [0.05, 0.1) is 12.5 Å². The molecule has 3 rings (SSSR count). The number of aliphatic hydroxyl groups is 2. The van der Waals surface area contributed by atoms with E-state index in [1.807, 2.05) is 25.1 Å². The summed E-state index contributed by atoms with van der Waals surface area (Å²) in [4.78, 5) is 28.1. The molecule has 0 unspecified atom stereocenters. The number of rotatable bonds is 7. The van der Waals surface area contributed by atoms with Crippen LogP contribution in [0.3, 0.4) is 0 Å². The number of carbonyl (C=O) groups is 2. The molecule has 1 aliphatic heterocycles. The maximum absolute atomic E-state index is 12.1. The summed E-state index contributed by atoms with van der Waals surface area (Å²) in [5.41, 5.74) is 2.56. The molecule has 5 N–H and O–H groups in total. The second kappa shape index (κ2) is 10.1. The number of ether oxygens (including phenoxy) is 1. The second-order valence-corrected chi connectivity index (χ2v) is 7.24. The van der Waals surface area contributed by atoms with Crippen LogP contribution in [0.2, 0.25) is 0 Å². The number of aromatic nitrogens is 1. The smallest absolute Gasteiger partial charge is 0.319 e. The lowest BCUT2D eigenvalue weighted by atomic mass is 10.1. The molecule has 9 nitrogen and oxygen atoms in total. The number of hydrogen-bond donors (Lipinski definition) is 5. The summed E-state index contributed by atoms with van der Waals surface area (Å²) in [6.07, 6.45) is -0.925. The van der Waals surface area contributed by atoms with Gasteiger partial charge in [0.1, 0.15) is 18.3 Å². The minimum absolute atomic E-state index is 0.0102. The van der Waals surface area contributed by atoms with Gasteiger partial charge in [-0.15, -0.1) is 0 Å². The number of nitrogens with one attached hydrogen (secondary N) is 3. The lowest BCUT2D eigenvalue weighted by Crippen LogP contribution is -2.41. The Morgan fingerprint density at radius 2 is 1.80 bits per heavy atom. The summed E-state index contributed by atoms with van der Waals surface area (Å²) in [6, 6.07) is 10.5. The van der Waals surface area contributed by atoms with Crippen molar-refractivity contribution in [1.82, 2.24) is 15.6 Å². The third-order valence-corrected chi connectivity index (χ3v) is 4.83. The van der Waals surface area contributed by atoms with Crippen LogP contribution in [0.4, 0.5) is 10.5 Å². The first-order chi connectivity index (χ1) is 14.4. The largest absolute Gasteiger partial charge is 0.388 e. The van der Waals surface area contributed by atoms with Crippen LogP contribution < -0.4 is 16.0 Å². The van der Waals surface area contributed by atoms with Crippen LogP contribution >= 0.6 is 0 Å². The number of amides is 3. The number of aliphatic hydroxyl groups excluding tert-OH is 2. The Balaban J connectivity index is 1.43. The van der Waals surface area contributed by atoms with Crippen LogP contribution in [0.1, 0.15) is 17.5 Å². The summed E-state index contributed by atoms with van der Waals surface area (Å²) in [5, 5.41) is 28.4. The first-order valence-electron chi connectivity index (χ1n) is 9.71. The summed E-state index contributed by atoms with van der Waals surface area (Å²) < 4.78 is 5.61. The van der Waals surface area contributed by atoms with Crippen LogP contribution in [-0.2, 0) is 16.1 Å². The Kier molecular flexibility index (Phi) is 7.34. The van der Waals surface area contributed by atoms with Crippen molar-refractivity contribution in [1.29, 1.82) is 0 Å². The maximum Gasteiger partial charge on any atom is 0.319 e. The Hall–Kier alpha value is -3.01. The van der Waals surface area contributed by atoms with E-state index in [1.54, 1.807) is 30.6 Å². The van der Waals surface area contributed by atoms with E-state index >= 15 is 0 Å². The third kappa shape index (κ3) is 5.99. The number of benzene rings is 1. The van der Waals surface area contributed by atoms with E-state index in [0.29, 0.717) is 12.2 Å². The van der Waals surface area contributed by atoms with Gasteiger partial charge in [0.15, 0.2) is 0 Å². The molecule has 1 fully saturated rings. The highest BCUT2D eigenvalue weighted by molar-refractivity contribution is 5.89. The van der Waals surface area contributed by atoms with E-state index < -0.39 is 30.4 Å². The van der Waals surface area contributed by atoms with Gasteiger partial charge in [0, 0.05) is 31.2 Å². The molecule has 2 heterocycles. The van der Waals surface area contributed by atoms with Gasteiger partial charge in [-0.2, -0.15) is 0 Å². The van der Waals surface area contributed by atoms with Gasteiger partial charge in [-0.3, -0.25) is 9.78 Å². The molecule has 30 heavy (non-hydrogen) atoms. The molecule has 2 aromatic rings. The van der Waals surface area contributed by atoms with Crippen LogP contribution in [0.5, 0.6) is 0 Å². The van der Waals surface area contributed by atoms with E-state index in [9.17, 15) is 19.8 Å². The van der Waals surface area contributed by atoms with Gasteiger partial charge >= 0.3 is 6.03 Å². The molecule has 0 bridgehead atoms. The van der Waals surface area contributed by atoms with Crippen molar-refractivity contribution in [3.8, 4) is 0 Å². The topological polar surface area (TPSA) is 133 Å². The van der Waals surface area contributed by atoms with Crippen LogP contribution in [0, 0.1) is 6.92 Å². The van der Waals surface area contributed by atoms with Crippen molar-refractivity contribution < 1.29 is 24.5 Å². The fourth-order valence-electron chi connectivity index (χ4n) is 3.13. The molecular formula is C21H26N4O5. The monoisotopic (exact) mass is 414 g/mol. The van der Waals surface area contributed by atoms with Gasteiger partial charge in [-0.1, -0.05) is 23.8 Å². The fraction of sp³-hybridized carbons (Fsp3) is 0.381. The Morgan fingerprint density at radius 1 is 1.07 bits per heavy atom. The van der Waals surface area contributed by atoms with Gasteiger partial charge in [0.25, 0.3) is 0 Å². The minimum Gasteiger partial charge on any atom is -0.388 e. The molecular weight excluding hydrogens is 388 g/mol. The number of hydrogen-bond acceptors (Lipinski definition) is 6. The van der Waals surface area contributed by atoms with Gasteiger partial charge < -0.3 is 30.9 Å². The predicted octanol–water partition coefficient (Wildman–Crippen LogP) is 0.707. The van der Waals surface area contributed by atoms with Gasteiger partial charge in [0.2, 0.25) is 5.91 Å². The van der Waals surface area contributed by atoms with Crippen molar-refractivity contribution in [2.45, 2.75) is 44.3 Å². The molecule has 1 aromatic heterocycles. The highest BCUT2D eigenvalue weighted by Crippen LogP contribution is 2.23. The van der Waals surface area contributed by atoms with Crippen molar-refractivity contribution in [3.05, 3.63) is 59.9 Å². The molecule has 0 saturated carbocycles. The van der Waals surface area contributed by atoms with Gasteiger partial charge in [-0.05, 0) is 30.7 Å². The van der Waals surface area contributed by atoms with Gasteiger partial charge in [-0.25, -0.2) is 4.79 Å². The summed E-state index contributed by atoms with van der Waals surface area (Å²) >= 11 is 0. The molecule has 160 valence electrons. The zero-order chi connectivity index (χ0) is 21.5. The van der Waals surface area contributed by atoms with Crippen LogP contribution in [0.25, 0.3) is 0 Å². The van der Waals surface area contributed by atoms with Crippen LogP contribution in [0.15, 0.2) is 48.8 Å². The highest BCUT2D eigenvalue weighted by atomic mass is 16.5. The maximum atomic E-state index is 12.1. The number of anilines is 1. The lowest BCUT2D eigenvalue weighted by molar-refractivity contribution is -0.125. The highest BCUT2D eigenvalue weighted by Gasteiger charge is 2.43. The summed E-state index contributed by atoms with van der Waals surface area (Å²) in [5.74, 6) is -0.319. The summed E-state index contributed by atoms with van der Waals surface area (Å²) in [6.45, 7) is 2.25. The number of pyridine rings is 1. The molecule has 3 amide bonds. The zero-order valence-corrected chi connectivity index (χ0v) is 16.6. The lowest BCUT2D eigenvalue weighted by Gasteiger charge is -2.16. The zero-order valence-electron chi connectivity index (χ0n) is 16.6. The average molecular weight is 414 g/mol. The van der Waals surface area contributed by atoms with Crippen LogP contribution in [-0.4, -0.2) is 58.1 Å². The van der Waals surface area contributed by atoms with Crippen molar-refractivity contribution in [3.63, 3.8) is 0 Å². The molecule has 4 atom stereocenters. The first-order valence-corrected chi connectivity index (χ1v) is 9.71. The number of nitrogens with zero attached hydrogens (tertiary/aromatic N) is 1. The number of urea groups is 1. The third-order valence-electron chi connectivity index (χ3n) is 4.83. The fourth-order valence-corrected chi connectivity index (χ4v) is 3.13. The molecule has 0 spiro atoms. The quantitative estimate of drug-likeness (QED) is 0.453. The normalized spacial score (nSPS) is 23.0. The predicted molar refractivity (Wildman–Crippen MR) is 110 cm³/mol. The molecule has 1 aliphatic rings. The van der Waals surface area contributed by atoms with E-state index in [4.69, 9.17) is 4.74 Å². The molecule has 1 saturated heterocycles. The number of carbonyl (C=O) groups excluding carboxylic acids is 2. The first kappa shape index (κ1) is 21.7.